The van der Waals surface area contributed by atoms with E-state index in [9.17, 15) is 14.0 Å². The Morgan fingerprint density at radius 2 is 1.90 bits per heavy atom. The Hall–Kier alpha value is -4.20. The number of amides is 2. The third-order valence-electron chi connectivity index (χ3n) is 4.46. The molecule has 0 unspecified atom stereocenters. The molecule has 4 aromatic rings. The van der Waals surface area contributed by atoms with E-state index in [1.165, 1.54) is 22.6 Å². The summed E-state index contributed by atoms with van der Waals surface area (Å²) in [5, 5.41) is 5.08. The highest BCUT2D eigenvalue weighted by Gasteiger charge is 2.08. The van der Waals surface area contributed by atoms with Gasteiger partial charge in [-0.2, -0.15) is 0 Å². The van der Waals surface area contributed by atoms with E-state index in [1.54, 1.807) is 48.7 Å². The van der Waals surface area contributed by atoms with Gasteiger partial charge < -0.3 is 15.4 Å². The summed E-state index contributed by atoms with van der Waals surface area (Å²) in [7, 11) is 0. The summed E-state index contributed by atoms with van der Waals surface area (Å²) in [6, 6.07) is 17.1. The molecule has 2 amide bonds. The van der Waals surface area contributed by atoms with Gasteiger partial charge in [0, 0.05) is 24.0 Å². The van der Waals surface area contributed by atoms with E-state index in [0.717, 1.165) is 5.56 Å². The molecular weight excluding hydrogens is 399 g/mol. The number of halogens is 1. The first-order valence-corrected chi connectivity index (χ1v) is 9.52. The van der Waals surface area contributed by atoms with E-state index in [2.05, 4.69) is 15.6 Å². The predicted octanol–water partition coefficient (Wildman–Crippen LogP) is 4.37. The number of fused-ring (bicyclic) bond motifs is 1. The first-order valence-electron chi connectivity index (χ1n) is 9.52. The third-order valence-corrected chi connectivity index (χ3v) is 4.46. The van der Waals surface area contributed by atoms with Crippen LogP contribution in [0.25, 0.3) is 5.65 Å². The normalized spacial score (nSPS) is 10.6. The van der Waals surface area contributed by atoms with Crippen molar-refractivity contribution in [3.05, 3.63) is 100 Å². The van der Waals surface area contributed by atoms with Gasteiger partial charge in [-0.25, -0.2) is 14.2 Å². The summed E-state index contributed by atoms with van der Waals surface area (Å²) in [6.45, 7) is 1.99. The van der Waals surface area contributed by atoms with E-state index < -0.39 is 11.8 Å². The van der Waals surface area contributed by atoms with E-state index in [0.29, 0.717) is 22.8 Å². The van der Waals surface area contributed by atoms with Crippen molar-refractivity contribution in [2.75, 3.05) is 10.6 Å². The van der Waals surface area contributed by atoms with Gasteiger partial charge in [0.25, 0.3) is 5.56 Å². The summed E-state index contributed by atoms with van der Waals surface area (Å²) in [5.41, 5.74) is 2.35. The Balaban J connectivity index is 1.42. The maximum atomic E-state index is 13.7. The molecule has 2 heterocycles. The molecule has 0 atom stereocenters. The number of carbonyl (C=O) groups excluding carboxylic acids is 1. The van der Waals surface area contributed by atoms with Crippen LogP contribution >= 0.6 is 0 Å². The van der Waals surface area contributed by atoms with Crippen LogP contribution in [0.4, 0.5) is 20.6 Å². The van der Waals surface area contributed by atoms with Crippen LogP contribution in [0, 0.1) is 12.7 Å². The number of aromatic nitrogens is 2. The number of benzene rings is 2. The number of aryl methyl sites for hydroxylation is 1. The molecule has 0 fully saturated rings. The smallest absolute Gasteiger partial charge is 0.323 e. The van der Waals surface area contributed by atoms with Gasteiger partial charge in [-0.3, -0.25) is 9.20 Å². The lowest BCUT2D eigenvalue weighted by molar-refractivity contribution is 0.262. The Kier molecular flexibility index (Phi) is 5.61. The number of ether oxygens (including phenoxy) is 1. The minimum absolute atomic E-state index is 0.0799. The highest BCUT2D eigenvalue weighted by molar-refractivity contribution is 5.99. The molecule has 0 saturated carbocycles. The lowest BCUT2D eigenvalue weighted by Crippen LogP contribution is -2.20. The van der Waals surface area contributed by atoms with Gasteiger partial charge in [0.15, 0.2) is 0 Å². The number of para-hydroxylation sites is 1. The van der Waals surface area contributed by atoms with Crippen LogP contribution in [0.2, 0.25) is 0 Å². The molecule has 4 rings (SSSR count). The summed E-state index contributed by atoms with van der Waals surface area (Å²) in [5.74, 6) is -0.0433. The van der Waals surface area contributed by atoms with Gasteiger partial charge >= 0.3 is 6.03 Å². The Morgan fingerprint density at radius 1 is 1.06 bits per heavy atom. The Labute approximate surface area is 177 Å². The number of pyridine rings is 1. The van der Waals surface area contributed by atoms with Crippen molar-refractivity contribution in [3.8, 4) is 5.75 Å². The molecule has 0 radical (unpaired) electrons. The molecule has 31 heavy (non-hydrogen) atoms. The molecule has 0 aliphatic heterocycles. The fourth-order valence-electron chi connectivity index (χ4n) is 3.00. The molecule has 0 aliphatic carbocycles. The SMILES string of the molecule is Cc1ccc2nc(COc3cccc(NC(=O)Nc4ccccc4F)c3)cc(=O)n2c1. The molecule has 0 bridgehead atoms. The zero-order chi connectivity index (χ0) is 21.8. The van der Waals surface area contributed by atoms with Gasteiger partial charge in [-0.05, 0) is 42.8 Å². The van der Waals surface area contributed by atoms with Crippen molar-refractivity contribution in [1.29, 1.82) is 0 Å². The average Bonchev–Trinajstić information content (AvgIpc) is 2.75. The van der Waals surface area contributed by atoms with Crippen LogP contribution in [0.1, 0.15) is 11.3 Å². The second kappa shape index (κ2) is 8.66. The molecule has 0 aliphatic rings. The largest absolute Gasteiger partial charge is 0.487 e. The summed E-state index contributed by atoms with van der Waals surface area (Å²) < 4.78 is 20.9. The zero-order valence-electron chi connectivity index (χ0n) is 16.6. The molecule has 0 saturated heterocycles. The van der Waals surface area contributed by atoms with Crippen molar-refractivity contribution in [2.45, 2.75) is 13.5 Å². The number of rotatable bonds is 5. The van der Waals surface area contributed by atoms with Crippen LogP contribution < -0.4 is 20.9 Å². The van der Waals surface area contributed by atoms with Crippen LogP contribution in [-0.2, 0) is 6.61 Å². The van der Waals surface area contributed by atoms with Crippen molar-refractivity contribution in [2.24, 2.45) is 0 Å². The maximum Gasteiger partial charge on any atom is 0.323 e. The van der Waals surface area contributed by atoms with Crippen LogP contribution in [0.5, 0.6) is 5.75 Å². The molecule has 7 nitrogen and oxygen atoms in total. The molecule has 8 heteroatoms. The standard InChI is InChI=1S/C23H19FN4O3/c1-15-9-10-21-25-17(12-22(29)28(21)13-15)14-31-18-6-4-5-16(11-18)26-23(30)27-20-8-3-2-7-19(20)24/h2-13H,14H2,1H3,(H2,26,27,30). The van der Waals surface area contributed by atoms with E-state index in [-0.39, 0.29) is 17.9 Å². The van der Waals surface area contributed by atoms with Gasteiger partial charge in [-0.15, -0.1) is 0 Å². The van der Waals surface area contributed by atoms with Crippen LogP contribution in [-0.4, -0.2) is 15.4 Å². The van der Waals surface area contributed by atoms with Gasteiger partial charge in [0.05, 0.1) is 11.4 Å². The number of nitrogens with zero attached hydrogens (tertiary/aromatic N) is 2. The molecule has 2 aromatic heterocycles. The highest BCUT2D eigenvalue weighted by atomic mass is 19.1. The van der Waals surface area contributed by atoms with Gasteiger partial charge in [0.1, 0.15) is 23.8 Å². The summed E-state index contributed by atoms with van der Waals surface area (Å²) >= 11 is 0. The fourth-order valence-corrected chi connectivity index (χ4v) is 3.00. The van der Waals surface area contributed by atoms with Crippen molar-refractivity contribution in [3.63, 3.8) is 0 Å². The quantitative estimate of drug-likeness (QED) is 0.504. The minimum atomic E-state index is -0.582. The number of urea groups is 1. The maximum absolute atomic E-state index is 13.7. The molecule has 2 aromatic carbocycles. The van der Waals surface area contributed by atoms with Crippen molar-refractivity contribution < 1.29 is 13.9 Å². The summed E-state index contributed by atoms with van der Waals surface area (Å²) in [6.07, 6.45) is 1.73. The first-order chi connectivity index (χ1) is 15.0. The number of hydrogen-bond acceptors (Lipinski definition) is 4. The van der Waals surface area contributed by atoms with Crippen LogP contribution in [0.15, 0.2) is 77.7 Å². The van der Waals surface area contributed by atoms with Gasteiger partial charge in [0.2, 0.25) is 0 Å². The van der Waals surface area contributed by atoms with E-state index in [4.69, 9.17) is 4.74 Å². The van der Waals surface area contributed by atoms with E-state index in [1.807, 2.05) is 13.0 Å². The first kappa shape index (κ1) is 20.1. The third kappa shape index (κ3) is 4.87. The van der Waals surface area contributed by atoms with Gasteiger partial charge in [-0.1, -0.05) is 24.3 Å². The molecule has 156 valence electrons. The zero-order valence-corrected chi connectivity index (χ0v) is 16.6. The number of hydrogen-bond donors (Lipinski definition) is 2. The topological polar surface area (TPSA) is 84.7 Å². The second-order valence-electron chi connectivity index (χ2n) is 6.90. The Morgan fingerprint density at radius 3 is 2.74 bits per heavy atom. The Bertz CT molecular complexity index is 1320. The molecule has 2 N–H and O–H groups in total. The second-order valence-corrected chi connectivity index (χ2v) is 6.90. The highest BCUT2D eigenvalue weighted by Crippen LogP contribution is 2.19. The summed E-state index contributed by atoms with van der Waals surface area (Å²) in [4.78, 5) is 28.9. The van der Waals surface area contributed by atoms with E-state index >= 15 is 0 Å². The molecule has 0 spiro atoms. The van der Waals surface area contributed by atoms with Crippen molar-refractivity contribution >= 4 is 23.1 Å². The van der Waals surface area contributed by atoms with Crippen molar-refractivity contribution in [1.82, 2.24) is 9.38 Å². The molecular formula is C23H19FN4O3. The number of anilines is 2. The number of nitrogens with one attached hydrogen (secondary N) is 2. The van der Waals surface area contributed by atoms with Crippen LogP contribution in [0.3, 0.4) is 0 Å². The lowest BCUT2D eigenvalue weighted by atomic mass is 10.3. The number of carbonyl (C=O) groups is 1. The lowest BCUT2D eigenvalue weighted by Gasteiger charge is -2.11. The minimum Gasteiger partial charge on any atom is -0.487 e. The predicted molar refractivity (Wildman–Crippen MR) is 116 cm³/mol. The fraction of sp³-hybridized carbons (Fsp3) is 0.0870. The average molecular weight is 418 g/mol. The monoisotopic (exact) mass is 418 g/mol.